The number of halogens is 3. The Labute approximate surface area is 163 Å². The van der Waals surface area contributed by atoms with Crippen LogP contribution in [0.3, 0.4) is 0 Å². The van der Waals surface area contributed by atoms with E-state index in [0.717, 1.165) is 45.3 Å². The first-order chi connectivity index (χ1) is 13.0. The molecule has 7 nitrogen and oxygen atoms in total. The van der Waals surface area contributed by atoms with Gasteiger partial charge in [0.25, 0.3) is 0 Å². The second-order valence-electron chi connectivity index (χ2n) is 7.49. The van der Waals surface area contributed by atoms with Crippen LogP contribution in [0.25, 0.3) is 0 Å². The lowest BCUT2D eigenvalue weighted by molar-refractivity contribution is -0.192. The SMILES string of the molecule is CC(=N)N1CCC(CNC(=O)C(N)C2CCCCC2)CC1.O=C(O)C(F)(F)F. The van der Waals surface area contributed by atoms with E-state index in [-0.39, 0.29) is 11.9 Å². The summed E-state index contributed by atoms with van der Waals surface area (Å²) in [7, 11) is 0. The third-order valence-corrected chi connectivity index (χ3v) is 5.36. The highest BCUT2D eigenvalue weighted by Crippen LogP contribution is 2.25. The van der Waals surface area contributed by atoms with Gasteiger partial charge in [0.05, 0.1) is 11.9 Å². The Balaban J connectivity index is 0.000000480. The molecule has 1 saturated heterocycles. The van der Waals surface area contributed by atoms with Gasteiger partial charge in [-0.15, -0.1) is 0 Å². The molecule has 0 bridgehead atoms. The number of piperidine rings is 1. The fraction of sp³-hybridized carbons (Fsp3) is 0.833. The molecule has 0 aromatic carbocycles. The van der Waals surface area contributed by atoms with Crippen LogP contribution in [0.2, 0.25) is 0 Å². The number of nitrogens with two attached hydrogens (primary N) is 1. The van der Waals surface area contributed by atoms with E-state index < -0.39 is 12.1 Å². The molecule has 2 rings (SSSR count). The van der Waals surface area contributed by atoms with Gasteiger partial charge in [-0.05, 0) is 44.4 Å². The zero-order chi connectivity index (χ0) is 21.3. The molecule has 2 aliphatic rings. The minimum Gasteiger partial charge on any atom is -0.475 e. The molecule has 0 spiro atoms. The van der Waals surface area contributed by atoms with E-state index in [0.29, 0.717) is 17.7 Å². The van der Waals surface area contributed by atoms with Crippen molar-refractivity contribution in [3.63, 3.8) is 0 Å². The van der Waals surface area contributed by atoms with Crippen molar-refractivity contribution in [2.24, 2.45) is 17.6 Å². The number of amidine groups is 1. The highest BCUT2D eigenvalue weighted by molar-refractivity contribution is 5.81. The summed E-state index contributed by atoms with van der Waals surface area (Å²) in [6.45, 7) is 4.45. The van der Waals surface area contributed by atoms with Crippen LogP contribution >= 0.6 is 0 Å². The highest BCUT2D eigenvalue weighted by atomic mass is 19.4. The lowest BCUT2D eigenvalue weighted by atomic mass is 9.84. The molecule has 5 N–H and O–H groups in total. The monoisotopic (exact) mass is 408 g/mol. The number of carboxylic acids is 1. The van der Waals surface area contributed by atoms with Gasteiger partial charge in [0.15, 0.2) is 0 Å². The standard InChI is InChI=1S/C16H30N4O.C2HF3O2/c1-12(17)20-9-7-13(8-10-20)11-19-16(21)15(18)14-5-3-2-4-6-14;3-2(4,5)1(6)7/h13-15,17H,2-11,18H2,1H3,(H,19,21);(H,6,7). The van der Waals surface area contributed by atoms with E-state index in [2.05, 4.69) is 10.2 Å². The average molecular weight is 408 g/mol. The Morgan fingerprint density at radius 2 is 1.68 bits per heavy atom. The zero-order valence-electron chi connectivity index (χ0n) is 16.2. The normalized spacial score (nSPS) is 20.0. The van der Waals surface area contributed by atoms with Gasteiger partial charge in [0.1, 0.15) is 0 Å². The van der Waals surface area contributed by atoms with Crippen molar-refractivity contribution in [3.8, 4) is 0 Å². The van der Waals surface area contributed by atoms with Crippen molar-refractivity contribution in [2.45, 2.75) is 64.1 Å². The maximum absolute atomic E-state index is 12.2. The van der Waals surface area contributed by atoms with Gasteiger partial charge in [-0.25, -0.2) is 4.79 Å². The van der Waals surface area contributed by atoms with Gasteiger partial charge >= 0.3 is 12.1 Å². The number of nitrogens with one attached hydrogen (secondary N) is 2. The van der Waals surface area contributed by atoms with Crippen LogP contribution in [-0.4, -0.2) is 59.6 Å². The molecule has 1 unspecified atom stereocenters. The van der Waals surface area contributed by atoms with Crippen molar-refractivity contribution in [1.29, 1.82) is 5.41 Å². The zero-order valence-corrected chi connectivity index (χ0v) is 16.2. The van der Waals surface area contributed by atoms with Crippen LogP contribution in [0.4, 0.5) is 13.2 Å². The predicted molar refractivity (Wildman–Crippen MR) is 98.9 cm³/mol. The Morgan fingerprint density at radius 3 is 2.11 bits per heavy atom. The van der Waals surface area contributed by atoms with Crippen LogP contribution in [0, 0.1) is 17.2 Å². The minimum absolute atomic E-state index is 0.0348. The number of alkyl halides is 3. The second-order valence-corrected chi connectivity index (χ2v) is 7.49. The second kappa shape index (κ2) is 11.2. The van der Waals surface area contributed by atoms with Crippen molar-refractivity contribution in [2.75, 3.05) is 19.6 Å². The van der Waals surface area contributed by atoms with Crippen molar-refractivity contribution in [3.05, 3.63) is 0 Å². The summed E-state index contributed by atoms with van der Waals surface area (Å²) in [4.78, 5) is 23.2. The van der Waals surface area contributed by atoms with Gasteiger partial charge in [-0.1, -0.05) is 19.3 Å². The maximum Gasteiger partial charge on any atom is 0.490 e. The van der Waals surface area contributed by atoms with E-state index in [4.69, 9.17) is 21.0 Å². The van der Waals surface area contributed by atoms with E-state index in [1.165, 1.54) is 19.3 Å². The van der Waals surface area contributed by atoms with E-state index in [1.807, 2.05) is 6.92 Å². The van der Waals surface area contributed by atoms with Crippen molar-refractivity contribution in [1.82, 2.24) is 10.2 Å². The third kappa shape index (κ3) is 8.45. The molecule has 162 valence electrons. The summed E-state index contributed by atoms with van der Waals surface area (Å²) in [5.74, 6) is -1.17. The summed E-state index contributed by atoms with van der Waals surface area (Å²) in [5, 5.41) is 17.8. The molecule has 10 heteroatoms. The van der Waals surface area contributed by atoms with Gasteiger partial charge in [0.2, 0.25) is 5.91 Å². The van der Waals surface area contributed by atoms with Gasteiger partial charge in [-0.3, -0.25) is 10.2 Å². The quantitative estimate of drug-likeness (QED) is 0.421. The largest absolute Gasteiger partial charge is 0.490 e. The van der Waals surface area contributed by atoms with Gasteiger partial charge in [0, 0.05) is 19.6 Å². The molecular weight excluding hydrogens is 377 g/mol. The number of amides is 1. The Hall–Kier alpha value is -1.84. The fourth-order valence-electron chi connectivity index (χ4n) is 3.54. The molecule has 1 saturated carbocycles. The summed E-state index contributed by atoms with van der Waals surface area (Å²) in [5.41, 5.74) is 6.12. The topological polar surface area (TPSA) is 120 Å². The molecular formula is C18H31F3N4O3. The lowest BCUT2D eigenvalue weighted by Crippen LogP contribution is -2.48. The molecule has 0 aromatic rings. The molecule has 1 aliphatic carbocycles. The summed E-state index contributed by atoms with van der Waals surface area (Å²) in [6.07, 6.45) is 2.94. The smallest absolute Gasteiger partial charge is 0.475 e. The Bertz CT molecular complexity index is 529. The first kappa shape index (κ1) is 24.2. The van der Waals surface area contributed by atoms with Gasteiger partial charge < -0.3 is 21.1 Å². The summed E-state index contributed by atoms with van der Waals surface area (Å²) in [6, 6.07) is -0.325. The molecule has 1 aliphatic heterocycles. The molecule has 28 heavy (non-hydrogen) atoms. The maximum atomic E-state index is 12.2. The number of rotatable bonds is 4. The van der Waals surface area contributed by atoms with Crippen molar-refractivity contribution < 1.29 is 27.9 Å². The number of carboxylic acid groups (broad SMARTS) is 1. The Morgan fingerprint density at radius 1 is 1.18 bits per heavy atom. The molecule has 1 heterocycles. The van der Waals surface area contributed by atoms with Crippen LogP contribution in [0.5, 0.6) is 0 Å². The van der Waals surface area contributed by atoms with Crippen LogP contribution < -0.4 is 11.1 Å². The number of hydrogen-bond donors (Lipinski definition) is 4. The number of aliphatic carboxylic acids is 1. The van der Waals surface area contributed by atoms with Crippen LogP contribution in [0.15, 0.2) is 0 Å². The lowest BCUT2D eigenvalue weighted by Gasteiger charge is -2.33. The third-order valence-electron chi connectivity index (χ3n) is 5.36. The number of carbonyl (C=O) groups excluding carboxylic acids is 1. The fourth-order valence-corrected chi connectivity index (χ4v) is 3.54. The van der Waals surface area contributed by atoms with E-state index in [9.17, 15) is 18.0 Å². The minimum atomic E-state index is -5.08. The highest BCUT2D eigenvalue weighted by Gasteiger charge is 2.38. The van der Waals surface area contributed by atoms with Crippen molar-refractivity contribution >= 4 is 17.7 Å². The summed E-state index contributed by atoms with van der Waals surface area (Å²) >= 11 is 0. The first-order valence-electron chi connectivity index (χ1n) is 9.66. The van der Waals surface area contributed by atoms with Gasteiger partial charge in [-0.2, -0.15) is 13.2 Å². The average Bonchev–Trinajstić information content (AvgIpc) is 2.66. The van der Waals surface area contributed by atoms with E-state index in [1.54, 1.807) is 0 Å². The molecule has 2 fully saturated rings. The Kier molecular flexibility index (Phi) is 9.71. The first-order valence-corrected chi connectivity index (χ1v) is 9.66. The number of nitrogens with zero attached hydrogens (tertiary/aromatic N) is 1. The molecule has 0 radical (unpaired) electrons. The van der Waals surface area contributed by atoms with Crippen LogP contribution in [0.1, 0.15) is 51.9 Å². The number of hydrogen-bond acceptors (Lipinski definition) is 4. The number of likely N-dealkylation sites (tertiary alicyclic amines) is 1. The van der Waals surface area contributed by atoms with E-state index >= 15 is 0 Å². The number of carbonyl (C=O) groups is 2. The predicted octanol–water partition coefficient (Wildman–Crippen LogP) is 2.35. The molecule has 1 atom stereocenters. The molecule has 1 amide bonds. The summed E-state index contributed by atoms with van der Waals surface area (Å²) < 4.78 is 31.7. The van der Waals surface area contributed by atoms with Crippen LogP contribution in [-0.2, 0) is 9.59 Å². The molecule has 0 aromatic heterocycles.